The van der Waals surface area contributed by atoms with Crippen LogP contribution in [0.5, 0.6) is 0 Å². The zero-order chi connectivity index (χ0) is 15.1. The maximum absolute atomic E-state index is 13.3. The second-order valence-corrected chi connectivity index (χ2v) is 5.22. The van der Waals surface area contributed by atoms with Gasteiger partial charge in [0.2, 0.25) is 0 Å². The van der Waals surface area contributed by atoms with Crippen molar-refractivity contribution in [3.05, 3.63) is 58.2 Å². The van der Waals surface area contributed by atoms with E-state index >= 15 is 0 Å². The maximum Gasteiger partial charge on any atom is 0.251 e. The lowest BCUT2D eigenvalue weighted by atomic mass is 10.2. The number of amides is 1. The van der Waals surface area contributed by atoms with Crippen LogP contribution in [0.4, 0.5) is 4.39 Å². The summed E-state index contributed by atoms with van der Waals surface area (Å²) in [6, 6.07) is 7.92. The van der Waals surface area contributed by atoms with E-state index in [1.165, 1.54) is 12.1 Å². The summed E-state index contributed by atoms with van der Waals surface area (Å²) in [6.07, 6.45) is 2.27. The third kappa shape index (κ3) is 4.99. The van der Waals surface area contributed by atoms with Crippen molar-refractivity contribution in [2.45, 2.75) is 13.0 Å². The van der Waals surface area contributed by atoms with Crippen molar-refractivity contribution in [2.75, 3.05) is 13.2 Å². The molecule has 0 fully saturated rings. The minimum Gasteiger partial charge on any atom is -0.467 e. The van der Waals surface area contributed by atoms with Crippen molar-refractivity contribution in [3.8, 4) is 0 Å². The highest BCUT2D eigenvalue weighted by molar-refractivity contribution is 9.10. The normalized spacial score (nSPS) is 10.6. The summed E-state index contributed by atoms with van der Waals surface area (Å²) >= 11 is 3.04. The average molecular weight is 356 g/mol. The molecule has 2 rings (SSSR count). The van der Waals surface area contributed by atoms with Gasteiger partial charge in [0.25, 0.3) is 5.91 Å². The SMILES string of the molecule is O=C(NCCCOCc1ccco1)c1ccc(Br)c(F)c1. The predicted molar refractivity (Wildman–Crippen MR) is 79.4 cm³/mol. The lowest BCUT2D eigenvalue weighted by molar-refractivity contribution is 0.0916. The number of halogens is 2. The number of hydrogen-bond acceptors (Lipinski definition) is 3. The minimum atomic E-state index is -0.454. The van der Waals surface area contributed by atoms with E-state index in [4.69, 9.17) is 9.15 Å². The van der Waals surface area contributed by atoms with E-state index in [0.717, 1.165) is 5.76 Å². The van der Waals surface area contributed by atoms with Gasteiger partial charge in [-0.3, -0.25) is 4.79 Å². The minimum absolute atomic E-state index is 0.298. The van der Waals surface area contributed by atoms with E-state index in [9.17, 15) is 9.18 Å². The van der Waals surface area contributed by atoms with E-state index in [-0.39, 0.29) is 5.91 Å². The molecule has 0 aliphatic carbocycles. The standard InChI is InChI=1S/C15H15BrFNO3/c16-13-5-4-11(9-14(13)17)15(19)18-6-2-7-20-10-12-3-1-8-21-12/h1,3-5,8-9H,2,6-7,10H2,(H,18,19). The smallest absolute Gasteiger partial charge is 0.251 e. The Hall–Kier alpha value is -1.66. The monoisotopic (exact) mass is 355 g/mol. The van der Waals surface area contributed by atoms with Gasteiger partial charge < -0.3 is 14.5 Å². The summed E-state index contributed by atoms with van der Waals surface area (Å²) < 4.78 is 24.2. The van der Waals surface area contributed by atoms with Crippen LogP contribution in [0.15, 0.2) is 45.5 Å². The fourth-order valence-electron chi connectivity index (χ4n) is 1.68. The molecule has 21 heavy (non-hydrogen) atoms. The molecule has 1 aromatic heterocycles. The first-order valence-electron chi connectivity index (χ1n) is 6.50. The average Bonchev–Trinajstić information content (AvgIpc) is 2.98. The molecular formula is C15H15BrFNO3. The topological polar surface area (TPSA) is 51.5 Å². The van der Waals surface area contributed by atoms with Crippen LogP contribution in [-0.4, -0.2) is 19.1 Å². The fourth-order valence-corrected chi connectivity index (χ4v) is 1.93. The number of rotatable bonds is 7. The molecule has 0 atom stereocenters. The van der Waals surface area contributed by atoms with Gasteiger partial charge in [-0.2, -0.15) is 0 Å². The van der Waals surface area contributed by atoms with Gasteiger partial charge >= 0.3 is 0 Å². The van der Waals surface area contributed by atoms with E-state index in [0.29, 0.717) is 36.2 Å². The lowest BCUT2D eigenvalue weighted by Crippen LogP contribution is -2.25. The predicted octanol–water partition coefficient (Wildman–Crippen LogP) is 3.52. The van der Waals surface area contributed by atoms with Gasteiger partial charge in [0.1, 0.15) is 18.2 Å². The van der Waals surface area contributed by atoms with Gasteiger partial charge in [-0.25, -0.2) is 4.39 Å². The number of benzene rings is 1. The zero-order valence-electron chi connectivity index (χ0n) is 11.3. The van der Waals surface area contributed by atoms with Crippen LogP contribution >= 0.6 is 15.9 Å². The fraction of sp³-hybridized carbons (Fsp3) is 0.267. The quantitative estimate of drug-likeness (QED) is 0.773. The summed E-state index contributed by atoms with van der Waals surface area (Å²) in [4.78, 5) is 11.8. The summed E-state index contributed by atoms with van der Waals surface area (Å²) in [7, 11) is 0. The van der Waals surface area contributed by atoms with Crippen molar-refractivity contribution >= 4 is 21.8 Å². The van der Waals surface area contributed by atoms with Gasteiger partial charge in [-0.05, 0) is 52.7 Å². The Kier molecular flexibility index (Phi) is 5.95. The van der Waals surface area contributed by atoms with Crippen LogP contribution in [0.25, 0.3) is 0 Å². The molecule has 0 bridgehead atoms. The molecule has 1 N–H and O–H groups in total. The van der Waals surface area contributed by atoms with Gasteiger partial charge in [-0.15, -0.1) is 0 Å². The molecule has 2 aromatic rings. The second-order valence-electron chi connectivity index (χ2n) is 4.37. The van der Waals surface area contributed by atoms with Crippen molar-refractivity contribution in [2.24, 2.45) is 0 Å². The summed E-state index contributed by atoms with van der Waals surface area (Å²) in [5.41, 5.74) is 0.298. The van der Waals surface area contributed by atoms with Gasteiger partial charge in [-0.1, -0.05) is 0 Å². The largest absolute Gasteiger partial charge is 0.467 e. The highest BCUT2D eigenvalue weighted by Gasteiger charge is 2.07. The van der Waals surface area contributed by atoms with Crippen LogP contribution in [-0.2, 0) is 11.3 Å². The number of carbonyl (C=O) groups excluding carboxylic acids is 1. The third-order valence-electron chi connectivity index (χ3n) is 2.76. The highest BCUT2D eigenvalue weighted by Crippen LogP contribution is 2.16. The molecule has 0 saturated heterocycles. The lowest BCUT2D eigenvalue weighted by Gasteiger charge is -2.06. The van der Waals surface area contributed by atoms with Crippen molar-refractivity contribution in [3.63, 3.8) is 0 Å². The number of hydrogen-bond donors (Lipinski definition) is 1. The number of carbonyl (C=O) groups is 1. The number of furan rings is 1. The molecule has 0 aliphatic heterocycles. The molecule has 0 saturated carbocycles. The Labute approximate surface area is 130 Å². The molecule has 1 amide bonds. The molecule has 0 radical (unpaired) electrons. The van der Waals surface area contributed by atoms with E-state index in [1.807, 2.05) is 6.07 Å². The van der Waals surface area contributed by atoms with Crippen LogP contribution in [0, 0.1) is 5.82 Å². The Bertz CT molecular complexity index is 587. The Balaban J connectivity index is 1.63. The first-order valence-corrected chi connectivity index (χ1v) is 7.29. The summed E-state index contributed by atoms with van der Waals surface area (Å²) in [5.74, 6) is 0.0150. The second kappa shape index (κ2) is 7.95. The van der Waals surface area contributed by atoms with Gasteiger partial charge in [0, 0.05) is 18.7 Å². The first-order chi connectivity index (χ1) is 10.2. The van der Waals surface area contributed by atoms with E-state index < -0.39 is 5.82 Å². The number of ether oxygens (including phenoxy) is 1. The Morgan fingerprint density at radius 1 is 1.38 bits per heavy atom. The number of nitrogens with one attached hydrogen (secondary N) is 1. The molecule has 0 spiro atoms. The molecule has 0 unspecified atom stereocenters. The summed E-state index contributed by atoms with van der Waals surface area (Å²) in [5, 5.41) is 2.71. The Morgan fingerprint density at radius 2 is 2.24 bits per heavy atom. The van der Waals surface area contributed by atoms with Crippen molar-refractivity contribution in [1.82, 2.24) is 5.32 Å². The van der Waals surface area contributed by atoms with Crippen molar-refractivity contribution < 1.29 is 18.3 Å². The zero-order valence-corrected chi connectivity index (χ0v) is 12.9. The van der Waals surface area contributed by atoms with Gasteiger partial charge in [0.15, 0.2) is 0 Å². The van der Waals surface area contributed by atoms with E-state index in [1.54, 1.807) is 18.4 Å². The molecule has 6 heteroatoms. The third-order valence-corrected chi connectivity index (χ3v) is 3.40. The maximum atomic E-state index is 13.3. The highest BCUT2D eigenvalue weighted by atomic mass is 79.9. The van der Waals surface area contributed by atoms with Crippen LogP contribution in [0.3, 0.4) is 0 Å². The van der Waals surface area contributed by atoms with Crippen LogP contribution in [0.2, 0.25) is 0 Å². The molecule has 0 aliphatic rings. The molecule has 1 aromatic carbocycles. The van der Waals surface area contributed by atoms with Gasteiger partial charge in [0.05, 0.1) is 10.7 Å². The molecule has 112 valence electrons. The molecule has 1 heterocycles. The van der Waals surface area contributed by atoms with Crippen molar-refractivity contribution in [1.29, 1.82) is 0 Å². The summed E-state index contributed by atoms with van der Waals surface area (Å²) in [6.45, 7) is 1.39. The van der Waals surface area contributed by atoms with Crippen LogP contribution < -0.4 is 5.32 Å². The Morgan fingerprint density at radius 3 is 2.95 bits per heavy atom. The van der Waals surface area contributed by atoms with E-state index in [2.05, 4.69) is 21.2 Å². The van der Waals surface area contributed by atoms with Crippen LogP contribution in [0.1, 0.15) is 22.5 Å². The first kappa shape index (κ1) is 15.7. The molecule has 4 nitrogen and oxygen atoms in total. The molecular weight excluding hydrogens is 341 g/mol.